The lowest BCUT2D eigenvalue weighted by Gasteiger charge is -2.30. The van der Waals surface area contributed by atoms with Crippen LogP contribution in [0.3, 0.4) is 0 Å². The van der Waals surface area contributed by atoms with Gasteiger partial charge in [-0.3, -0.25) is 4.90 Å². The maximum Gasteiger partial charge on any atom is 0.156 e. The van der Waals surface area contributed by atoms with E-state index in [0.29, 0.717) is 25.0 Å². The van der Waals surface area contributed by atoms with Gasteiger partial charge in [-0.15, -0.1) is 0 Å². The van der Waals surface area contributed by atoms with Crippen LogP contribution in [-0.4, -0.2) is 53.8 Å². The number of β-amino-alcohol motifs (C(OH)–C–C–N with tert-alkyl or cyclic N) is 1. The highest BCUT2D eigenvalue weighted by atomic mass is 79.9. The summed E-state index contributed by atoms with van der Waals surface area (Å²) in [6.07, 6.45) is -0.700. The summed E-state index contributed by atoms with van der Waals surface area (Å²) in [7, 11) is 0. The van der Waals surface area contributed by atoms with Gasteiger partial charge in [0.05, 0.1) is 18.8 Å². The first-order valence-electron chi connectivity index (χ1n) is 4.24. The fourth-order valence-corrected chi connectivity index (χ4v) is 1.50. The van der Waals surface area contributed by atoms with Gasteiger partial charge in [-0.25, -0.2) is 0 Å². The predicted octanol–water partition coefficient (Wildman–Crippen LogP) is -0.0334. The van der Waals surface area contributed by atoms with E-state index in [4.69, 9.17) is 10.00 Å². The molecule has 0 saturated carbocycles. The average Bonchev–Trinajstić information content (AvgIpc) is 2.18. The van der Waals surface area contributed by atoms with Gasteiger partial charge < -0.3 is 9.84 Å². The third-order valence-corrected chi connectivity index (χ3v) is 2.69. The molecule has 1 rings (SSSR count). The Morgan fingerprint density at radius 1 is 1.77 bits per heavy atom. The van der Waals surface area contributed by atoms with E-state index in [-0.39, 0.29) is 12.2 Å². The minimum Gasteiger partial charge on any atom is -0.391 e. The highest BCUT2D eigenvalue weighted by Gasteiger charge is 2.21. The molecule has 2 unspecified atom stereocenters. The number of alkyl halides is 1. The van der Waals surface area contributed by atoms with Crippen molar-refractivity contribution in [2.75, 3.05) is 31.6 Å². The van der Waals surface area contributed by atoms with Gasteiger partial charge in [0, 0.05) is 25.0 Å². The fourth-order valence-electron chi connectivity index (χ4n) is 1.29. The highest BCUT2D eigenvalue weighted by Crippen LogP contribution is 2.05. The molecule has 0 aromatic carbocycles. The molecule has 1 saturated heterocycles. The lowest BCUT2D eigenvalue weighted by atomic mass is 10.2. The molecule has 1 aliphatic rings. The zero-order chi connectivity index (χ0) is 9.68. The van der Waals surface area contributed by atoms with E-state index in [2.05, 4.69) is 22.0 Å². The number of hydrogen-bond acceptors (Lipinski definition) is 4. The molecule has 4 nitrogen and oxygen atoms in total. The number of rotatable bonds is 3. The van der Waals surface area contributed by atoms with Crippen LogP contribution in [0.2, 0.25) is 0 Å². The maximum atomic E-state index is 9.36. The molecule has 0 aliphatic carbocycles. The number of halogens is 1. The van der Waals surface area contributed by atoms with Crippen LogP contribution in [0, 0.1) is 11.3 Å². The van der Waals surface area contributed by atoms with Crippen LogP contribution in [0.5, 0.6) is 0 Å². The van der Waals surface area contributed by atoms with E-state index in [9.17, 15) is 5.11 Å². The molecule has 13 heavy (non-hydrogen) atoms. The molecule has 1 heterocycles. The van der Waals surface area contributed by atoms with Crippen molar-refractivity contribution in [1.29, 1.82) is 5.26 Å². The summed E-state index contributed by atoms with van der Waals surface area (Å²) in [5.41, 5.74) is 0. The number of aliphatic hydroxyl groups is 1. The molecule has 0 amide bonds. The number of nitrogens with zero attached hydrogens (tertiary/aromatic N) is 2. The molecule has 0 aromatic heterocycles. The molecular formula is C8H13BrN2O2. The van der Waals surface area contributed by atoms with Crippen molar-refractivity contribution in [1.82, 2.24) is 4.90 Å². The van der Waals surface area contributed by atoms with Gasteiger partial charge in [-0.05, 0) is 0 Å². The molecular weight excluding hydrogens is 236 g/mol. The summed E-state index contributed by atoms with van der Waals surface area (Å²) in [6, 6.07) is 2.07. The van der Waals surface area contributed by atoms with Crippen LogP contribution >= 0.6 is 15.9 Å². The zero-order valence-corrected chi connectivity index (χ0v) is 8.90. The van der Waals surface area contributed by atoms with Crippen molar-refractivity contribution in [2.24, 2.45) is 0 Å². The van der Waals surface area contributed by atoms with Crippen LogP contribution < -0.4 is 0 Å². The van der Waals surface area contributed by atoms with Gasteiger partial charge in [0.15, 0.2) is 6.10 Å². The Bertz CT molecular complexity index is 195. The lowest BCUT2D eigenvalue weighted by Crippen LogP contribution is -2.45. The SMILES string of the molecule is N#CC1CN(CC(O)CBr)CCO1. The van der Waals surface area contributed by atoms with E-state index in [1.54, 1.807) is 0 Å². The van der Waals surface area contributed by atoms with Crippen molar-refractivity contribution in [2.45, 2.75) is 12.2 Å². The minimum absolute atomic E-state index is 0.337. The van der Waals surface area contributed by atoms with Gasteiger partial charge in [0.2, 0.25) is 0 Å². The Morgan fingerprint density at radius 3 is 3.15 bits per heavy atom. The third-order valence-electron chi connectivity index (χ3n) is 1.94. The standard InChI is InChI=1S/C8H13BrN2O2/c9-3-7(12)5-11-1-2-13-8(4-10)6-11/h7-8,12H,1-3,5-6H2. The lowest BCUT2D eigenvalue weighted by molar-refractivity contribution is -0.0126. The molecule has 1 fully saturated rings. The normalized spacial score (nSPS) is 26.7. The van der Waals surface area contributed by atoms with Crippen molar-refractivity contribution >= 4 is 15.9 Å². The summed E-state index contributed by atoms with van der Waals surface area (Å²) in [5, 5.41) is 18.6. The first-order chi connectivity index (χ1) is 6.26. The Morgan fingerprint density at radius 2 is 2.54 bits per heavy atom. The minimum atomic E-state index is -0.363. The quantitative estimate of drug-likeness (QED) is 0.713. The summed E-state index contributed by atoms with van der Waals surface area (Å²) in [6.45, 7) is 2.57. The Labute approximate surface area is 86.2 Å². The molecule has 0 aromatic rings. The molecule has 0 bridgehead atoms. The van der Waals surface area contributed by atoms with Gasteiger partial charge in [-0.2, -0.15) is 5.26 Å². The van der Waals surface area contributed by atoms with Crippen LogP contribution in [0.1, 0.15) is 0 Å². The van der Waals surface area contributed by atoms with Crippen LogP contribution in [0.25, 0.3) is 0 Å². The summed E-state index contributed by atoms with van der Waals surface area (Å²) >= 11 is 3.20. The number of ether oxygens (including phenoxy) is 1. The smallest absolute Gasteiger partial charge is 0.156 e. The van der Waals surface area contributed by atoms with Gasteiger partial charge in [0.25, 0.3) is 0 Å². The monoisotopic (exact) mass is 248 g/mol. The number of nitriles is 1. The molecule has 1 aliphatic heterocycles. The highest BCUT2D eigenvalue weighted by molar-refractivity contribution is 9.09. The molecule has 2 atom stereocenters. The summed E-state index contributed by atoms with van der Waals surface area (Å²) < 4.78 is 5.18. The maximum absolute atomic E-state index is 9.36. The molecule has 0 spiro atoms. The van der Waals surface area contributed by atoms with Gasteiger partial charge in [-0.1, -0.05) is 15.9 Å². The molecule has 74 valence electrons. The van der Waals surface area contributed by atoms with Gasteiger partial charge in [0.1, 0.15) is 0 Å². The molecule has 0 radical (unpaired) electrons. The van der Waals surface area contributed by atoms with Crippen LogP contribution in [0.4, 0.5) is 0 Å². The zero-order valence-electron chi connectivity index (χ0n) is 7.32. The number of hydrogen-bond donors (Lipinski definition) is 1. The Kier molecular flexibility index (Phi) is 4.67. The molecule has 1 N–H and O–H groups in total. The molecule has 5 heteroatoms. The first kappa shape index (κ1) is 10.9. The second-order valence-electron chi connectivity index (χ2n) is 3.06. The Hall–Kier alpha value is -0.150. The third kappa shape index (κ3) is 3.61. The number of aliphatic hydroxyl groups excluding tert-OH is 1. The average molecular weight is 249 g/mol. The van der Waals surface area contributed by atoms with Crippen LogP contribution in [0.15, 0.2) is 0 Å². The van der Waals surface area contributed by atoms with E-state index in [1.165, 1.54) is 0 Å². The second kappa shape index (κ2) is 5.55. The van der Waals surface area contributed by atoms with E-state index < -0.39 is 0 Å². The first-order valence-corrected chi connectivity index (χ1v) is 5.36. The van der Waals surface area contributed by atoms with E-state index in [1.807, 2.05) is 4.90 Å². The van der Waals surface area contributed by atoms with E-state index >= 15 is 0 Å². The van der Waals surface area contributed by atoms with Crippen molar-refractivity contribution in [3.05, 3.63) is 0 Å². The fraction of sp³-hybridized carbons (Fsp3) is 0.875. The van der Waals surface area contributed by atoms with E-state index in [0.717, 1.165) is 6.54 Å². The predicted molar refractivity (Wildman–Crippen MR) is 51.6 cm³/mol. The van der Waals surface area contributed by atoms with Gasteiger partial charge >= 0.3 is 0 Å². The number of morpholine rings is 1. The van der Waals surface area contributed by atoms with Crippen LogP contribution in [-0.2, 0) is 4.74 Å². The largest absolute Gasteiger partial charge is 0.391 e. The van der Waals surface area contributed by atoms with Crippen molar-refractivity contribution < 1.29 is 9.84 Å². The Balaban J connectivity index is 2.30. The summed E-state index contributed by atoms with van der Waals surface area (Å²) in [5.74, 6) is 0. The second-order valence-corrected chi connectivity index (χ2v) is 3.70. The van der Waals surface area contributed by atoms with Crippen molar-refractivity contribution in [3.8, 4) is 6.07 Å². The topological polar surface area (TPSA) is 56.5 Å². The van der Waals surface area contributed by atoms with Crippen molar-refractivity contribution in [3.63, 3.8) is 0 Å². The summed E-state index contributed by atoms with van der Waals surface area (Å²) in [4.78, 5) is 2.04.